The summed E-state index contributed by atoms with van der Waals surface area (Å²) in [5.41, 5.74) is 0.868. The highest BCUT2D eigenvalue weighted by Gasteiger charge is 2.08. The first-order valence-corrected chi connectivity index (χ1v) is 4.13. The number of hydrogen-bond acceptors (Lipinski definition) is 2. The molecule has 2 N–H and O–H groups in total. The van der Waals surface area contributed by atoms with Gasteiger partial charge in [0.25, 0.3) is 0 Å². The van der Waals surface area contributed by atoms with Crippen molar-refractivity contribution in [1.29, 1.82) is 0 Å². The zero-order valence-corrected chi connectivity index (χ0v) is 7.33. The Kier molecular flexibility index (Phi) is 3.53. The number of aliphatic hydroxyl groups is 2. The summed E-state index contributed by atoms with van der Waals surface area (Å²) in [5, 5.41) is 18.4. The molecule has 0 heterocycles. The zero-order chi connectivity index (χ0) is 8.97. The second kappa shape index (κ2) is 4.45. The summed E-state index contributed by atoms with van der Waals surface area (Å²) in [6, 6.07) is 7.15. The van der Waals surface area contributed by atoms with Crippen LogP contribution in [0.3, 0.4) is 0 Å². The second-order valence-electron chi connectivity index (χ2n) is 2.62. The van der Waals surface area contributed by atoms with Crippen LogP contribution in [0.4, 0.5) is 0 Å². The molecular formula is C9H11ClO2. The van der Waals surface area contributed by atoms with Gasteiger partial charge < -0.3 is 10.2 Å². The standard InChI is InChI=1S/C9H11ClO2/c10-9-3-1-2-7(4-9)8(5-11)6-12/h1-4,8,11-12H,5-6H2. The lowest BCUT2D eigenvalue weighted by atomic mass is 10.0. The molecule has 2 nitrogen and oxygen atoms in total. The van der Waals surface area contributed by atoms with Crippen LogP contribution in [-0.4, -0.2) is 23.4 Å². The van der Waals surface area contributed by atoms with Crippen molar-refractivity contribution in [1.82, 2.24) is 0 Å². The van der Waals surface area contributed by atoms with Gasteiger partial charge in [0.2, 0.25) is 0 Å². The molecule has 0 aliphatic carbocycles. The van der Waals surface area contributed by atoms with Crippen molar-refractivity contribution in [2.75, 3.05) is 13.2 Å². The van der Waals surface area contributed by atoms with Gasteiger partial charge in [-0.3, -0.25) is 0 Å². The van der Waals surface area contributed by atoms with Crippen LogP contribution in [-0.2, 0) is 0 Å². The molecule has 0 amide bonds. The zero-order valence-electron chi connectivity index (χ0n) is 6.57. The molecule has 0 spiro atoms. The lowest BCUT2D eigenvalue weighted by molar-refractivity contribution is 0.192. The van der Waals surface area contributed by atoms with Gasteiger partial charge in [-0.15, -0.1) is 0 Å². The summed E-state index contributed by atoms with van der Waals surface area (Å²) in [6.07, 6.45) is 0. The Balaban J connectivity index is 2.85. The minimum absolute atomic E-state index is 0.0587. The van der Waals surface area contributed by atoms with Gasteiger partial charge in [0.1, 0.15) is 0 Å². The number of hydrogen-bond donors (Lipinski definition) is 2. The molecule has 0 bridgehead atoms. The Morgan fingerprint density at radius 2 is 1.92 bits per heavy atom. The van der Waals surface area contributed by atoms with E-state index in [1.54, 1.807) is 18.2 Å². The quantitative estimate of drug-likeness (QED) is 0.750. The fourth-order valence-corrected chi connectivity index (χ4v) is 1.23. The summed E-state index contributed by atoms with van der Waals surface area (Å²) >= 11 is 5.74. The maximum atomic E-state index is 8.87. The Labute approximate surface area is 76.4 Å². The molecule has 0 saturated heterocycles. The minimum Gasteiger partial charge on any atom is -0.396 e. The highest BCUT2D eigenvalue weighted by atomic mass is 35.5. The largest absolute Gasteiger partial charge is 0.396 e. The molecule has 3 heteroatoms. The van der Waals surface area contributed by atoms with Gasteiger partial charge in [-0.2, -0.15) is 0 Å². The number of rotatable bonds is 3. The molecule has 0 radical (unpaired) electrons. The molecule has 0 fully saturated rings. The van der Waals surface area contributed by atoms with E-state index in [1.807, 2.05) is 6.07 Å². The molecule has 1 rings (SSSR count). The first kappa shape index (κ1) is 9.52. The normalized spacial score (nSPS) is 10.7. The number of aliphatic hydroxyl groups excluding tert-OH is 2. The van der Waals surface area contributed by atoms with Gasteiger partial charge in [0.05, 0.1) is 13.2 Å². The third-order valence-corrected chi connectivity index (χ3v) is 2.00. The molecule has 12 heavy (non-hydrogen) atoms. The molecule has 66 valence electrons. The monoisotopic (exact) mass is 186 g/mol. The van der Waals surface area contributed by atoms with Crippen molar-refractivity contribution in [2.45, 2.75) is 5.92 Å². The van der Waals surface area contributed by atoms with Crippen LogP contribution in [0.1, 0.15) is 11.5 Å². The van der Waals surface area contributed by atoms with E-state index in [0.717, 1.165) is 5.56 Å². The topological polar surface area (TPSA) is 40.5 Å². The summed E-state index contributed by atoms with van der Waals surface area (Å²) in [4.78, 5) is 0. The van der Waals surface area contributed by atoms with Gasteiger partial charge in [0, 0.05) is 10.9 Å². The average molecular weight is 187 g/mol. The van der Waals surface area contributed by atoms with E-state index >= 15 is 0 Å². The van der Waals surface area contributed by atoms with Crippen LogP contribution in [0, 0.1) is 0 Å². The SMILES string of the molecule is OCC(CO)c1cccc(Cl)c1. The van der Waals surface area contributed by atoms with E-state index in [4.69, 9.17) is 21.8 Å². The smallest absolute Gasteiger partial charge is 0.0521 e. The predicted molar refractivity (Wildman–Crippen MR) is 48.4 cm³/mol. The minimum atomic E-state index is -0.219. The maximum absolute atomic E-state index is 8.87. The highest BCUT2D eigenvalue weighted by molar-refractivity contribution is 6.30. The average Bonchev–Trinajstić information content (AvgIpc) is 2.07. The Morgan fingerprint density at radius 1 is 1.25 bits per heavy atom. The molecule has 0 saturated carbocycles. The molecule has 1 aromatic rings. The predicted octanol–water partition coefficient (Wildman–Crippen LogP) is 1.41. The van der Waals surface area contributed by atoms with Crippen LogP contribution >= 0.6 is 11.6 Å². The summed E-state index contributed by atoms with van der Waals surface area (Å²) in [6.45, 7) is -0.117. The first-order chi connectivity index (χ1) is 5.77. The number of halogens is 1. The third kappa shape index (κ3) is 2.21. The molecule has 0 aromatic heterocycles. The van der Waals surface area contributed by atoms with Crippen LogP contribution in [0.2, 0.25) is 5.02 Å². The van der Waals surface area contributed by atoms with Gasteiger partial charge in [0.15, 0.2) is 0 Å². The summed E-state index contributed by atoms with van der Waals surface area (Å²) < 4.78 is 0. The molecule has 0 unspecified atom stereocenters. The van der Waals surface area contributed by atoms with E-state index < -0.39 is 0 Å². The van der Waals surface area contributed by atoms with Crippen LogP contribution in [0.15, 0.2) is 24.3 Å². The first-order valence-electron chi connectivity index (χ1n) is 3.75. The maximum Gasteiger partial charge on any atom is 0.0521 e. The fourth-order valence-electron chi connectivity index (χ4n) is 1.03. The van der Waals surface area contributed by atoms with Gasteiger partial charge >= 0.3 is 0 Å². The van der Waals surface area contributed by atoms with Crippen molar-refractivity contribution in [3.8, 4) is 0 Å². The lowest BCUT2D eigenvalue weighted by Crippen LogP contribution is -2.08. The molecule has 1 aromatic carbocycles. The molecular weight excluding hydrogens is 176 g/mol. The molecule has 0 aliphatic rings. The van der Waals surface area contributed by atoms with E-state index in [2.05, 4.69) is 0 Å². The van der Waals surface area contributed by atoms with Gasteiger partial charge in [-0.1, -0.05) is 23.7 Å². The highest BCUT2D eigenvalue weighted by Crippen LogP contribution is 2.18. The van der Waals surface area contributed by atoms with E-state index in [1.165, 1.54) is 0 Å². The fraction of sp³-hybridized carbons (Fsp3) is 0.333. The Bertz CT molecular complexity index is 246. The van der Waals surface area contributed by atoms with Crippen molar-refractivity contribution < 1.29 is 10.2 Å². The van der Waals surface area contributed by atoms with Crippen LogP contribution < -0.4 is 0 Å². The van der Waals surface area contributed by atoms with Crippen LogP contribution in [0.25, 0.3) is 0 Å². The molecule has 0 atom stereocenters. The van der Waals surface area contributed by atoms with Crippen molar-refractivity contribution in [3.63, 3.8) is 0 Å². The van der Waals surface area contributed by atoms with Crippen molar-refractivity contribution in [2.24, 2.45) is 0 Å². The summed E-state index contributed by atoms with van der Waals surface area (Å²) in [5.74, 6) is -0.219. The van der Waals surface area contributed by atoms with Gasteiger partial charge in [-0.05, 0) is 17.7 Å². The lowest BCUT2D eigenvalue weighted by Gasteiger charge is -2.10. The Morgan fingerprint density at radius 3 is 2.42 bits per heavy atom. The van der Waals surface area contributed by atoms with E-state index in [9.17, 15) is 0 Å². The Hall–Kier alpha value is -0.570. The van der Waals surface area contributed by atoms with Crippen molar-refractivity contribution in [3.05, 3.63) is 34.9 Å². The van der Waals surface area contributed by atoms with Crippen molar-refractivity contribution >= 4 is 11.6 Å². The summed E-state index contributed by atoms with van der Waals surface area (Å²) in [7, 11) is 0. The van der Waals surface area contributed by atoms with Crippen LogP contribution in [0.5, 0.6) is 0 Å². The van der Waals surface area contributed by atoms with E-state index in [0.29, 0.717) is 5.02 Å². The van der Waals surface area contributed by atoms with E-state index in [-0.39, 0.29) is 19.1 Å². The number of benzene rings is 1. The molecule has 0 aliphatic heterocycles. The van der Waals surface area contributed by atoms with Gasteiger partial charge in [-0.25, -0.2) is 0 Å². The third-order valence-electron chi connectivity index (χ3n) is 1.76. The second-order valence-corrected chi connectivity index (χ2v) is 3.05.